The summed E-state index contributed by atoms with van der Waals surface area (Å²) in [6, 6.07) is 7.23. The summed E-state index contributed by atoms with van der Waals surface area (Å²) < 4.78 is 11.0. The molecule has 0 bridgehead atoms. The quantitative estimate of drug-likeness (QED) is 0.583. The highest BCUT2D eigenvalue weighted by Gasteiger charge is 2.22. The lowest BCUT2D eigenvalue weighted by molar-refractivity contribution is 0.0941. The zero-order valence-electron chi connectivity index (χ0n) is 15.4. The van der Waals surface area contributed by atoms with Crippen LogP contribution in [0.5, 0.6) is 5.75 Å². The third-order valence-electron chi connectivity index (χ3n) is 4.52. The van der Waals surface area contributed by atoms with Gasteiger partial charge in [0.1, 0.15) is 11.5 Å². The fourth-order valence-electron chi connectivity index (χ4n) is 2.92. The molecule has 0 aromatic heterocycles. The van der Waals surface area contributed by atoms with Gasteiger partial charge in [-0.25, -0.2) is 0 Å². The van der Waals surface area contributed by atoms with Gasteiger partial charge in [-0.3, -0.25) is 4.79 Å². The summed E-state index contributed by atoms with van der Waals surface area (Å²) in [4.78, 5) is 12.2. The number of hydrogen-bond acceptors (Lipinski definition) is 3. The van der Waals surface area contributed by atoms with E-state index in [1.807, 2.05) is 12.1 Å². The van der Waals surface area contributed by atoms with Crippen molar-refractivity contribution in [3.05, 3.63) is 42.2 Å². The zero-order chi connectivity index (χ0) is 17.9. The molecule has 4 nitrogen and oxygen atoms in total. The van der Waals surface area contributed by atoms with Crippen LogP contribution in [-0.4, -0.2) is 25.2 Å². The summed E-state index contributed by atoms with van der Waals surface area (Å²) in [5, 5.41) is 2.94. The fourth-order valence-corrected chi connectivity index (χ4v) is 2.92. The van der Waals surface area contributed by atoms with Crippen LogP contribution in [0.1, 0.15) is 68.6 Å². The van der Waals surface area contributed by atoms with Gasteiger partial charge in [-0.15, -0.1) is 0 Å². The highest BCUT2D eigenvalue weighted by Crippen LogP contribution is 2.17. The molecule has 4 heteroatoms. The van der Waals surface area contributed by atoms with Crippen LogP contribution in [0.25, 0.3) is 0 Å². The molecule has 0 aliphatic carbocycles. The summed E-state index contributed by atoms with van der Waals surface area (Å²) in [6.07, 6.45) is 9.69. The van der Waals surface area contributed by atoms with Crippen molar-refractivity contribution in [1.82, 2.24) is 5.32 Å². The number of ether oxygens (including phenoxy) is 2. The molecule has 1 aliphatic rings. The summed E-state index contributed by atoms with van der Waals surface area (Å²) in [5.74, 6) is 1.36. The van der Waals surface area contributed by atoms with Crippen LogP contribution >= 0.6 is 0 Å². The average Bonchev–Trinajstić information content (AvgIpc) is 3.02. The number of nitrogens with one attached hydrogen (secondary N) is 1. The van der Waals surface area contributed by atoms with Gasteiger partial charge in [0.2, 0.25) is 0 Å². The van der Waals surface area contributed by atoms with E-state index in [-0.39, 0.29) is 11.9 Å². The molecule has 1 aliphatic heterocycles. The Bertz CT molecular complexity index is 539. The van der Waals surface area contributed by atoms with Gasteiger partial charge in [-0.2, -0.15) is 0 Å². The summed E-state index contributed by atoms with van der Waals surface area (Å²) in [5.41, 5.74) is 0.628. The SMILES string of the molecule is C=C1OCC[C@H]1NC(=O)c1ccc(OCCCCCCCCC)cc1. The topological polar surface area (TPSA) is 47.6 Å². The van der Waals surface area contributed by atoms with E-state index in [9.17, 15) is 4.79 Å². The molecular weight excluding hydrogens is 314 g/mol. The maximum absolute atomic E-state index is 12.2. The highest BCUT2D eigenvalue weighted by molar-refractivity contribution is 5.94. The van der Waals surface area contributed by atoms with Crippen LogP contribution in [0.3, 0.4) is 0 Å². The lowest BCUT2D eigenvalue weighted by atomic mass is 10.1. The molecule has 0 spiro atoms. The Balaban J connectivity index is 1.64. The van der Waals surface area contributed by atoms with Crippen molar-refractivity contribution in [3.8, 4) is 5.75 Å². The van der Waals surface area contributed by atoms with Gasteiger partial charge >= 0.3 is 0 Å². The summed E-state index contributed by atoms with van der Waals surface area (Å²) in [6.45, 7) is 7.40. The zero-order valence-corrected chi connectivity index (χ0v) is 15.4. The van der Waals surface area contributed by atoms with Gasteiger partial charge in [0, 0.05) is 12.0 Å². The Labute approximate surface area is 151 Å². The first kappa shape index (κ1) is 19.4. The van der Waals surface area contributed by atoms with E-state index in [1.54, 1.807) is 12.1 Å². The predicted molar refractivity (Wildman–Crippen MR) is 101 cm³/mol. The van der Waals surface area contributed by atoms with Gasteiger partial charge in [0.25, 0.3) is 5.91 Å². The van der Waals surface area contributed by atoms with E-state index in [0.717, 1.165) is 25.2 Å². The van der Waals surface area contributed by atoms with Crippen molar-refractivity contribution in [2.24, 2.45) is 0 Å². The standard InChI is InChI=1S/C21H31NO3/c1-3-4-5-6-7-8-9-15-25-19-12-10-18(11-13-19)21(23)22-20-14-16-24-17(20)2/h10-13,20H,2-9,14-16H2,1H3,(H,22,23)/t20-/m1/s1. The first-order chi connectivity index (χ1) is 12.2. The van der Waals surface area contributed by atoms with Crippen molar-refractivity contribution in [2.75, 3.05) is 13.2 Å². The van der Waals surface area contributed by atoms with Gasteiger partial charge in [0.15, 0.2) is 0 Å². The molecular formula is C21H31NO3. The van der Waals surface area contributed by atoms with Crippen molar-refractivity contribution >= 4 is 5.91 Å². The second kappa shape index (κ2) is 10.8. The molecule has 0 saturated carbocycles. The van der Waals surface area contributed by atoms with Crippen molar-refractivity contribution in [3.63, 3.8) is 0 Å². The largest absolute Gasteiger partial charge is 0.496 e. The van der Waals surface area contributed by atoms with Gasteiger partial charge in [0.05, 0.1) is 19.3 Å². The number of unbranched alkanes of at least 4 members (excludes halogenated alkanes) is 6. The van der Waals surface area contributed by atoms with E-state index in [0.29, 0.717) is 17.9 Å². The Morgan fingerprint density at radius 1 is 1.16 bits per heavy atom. The minimum Gasteiger partial charge on any atom is -0.496 e. The summed E-state index contributed by atoms with van der Waals surface area (Å²) in [7, 11) is 0. The molecule has 1 heterocycles. The second-order valence-electron chi connectivity index (χ2n) is 6.62. The lowest BCUT2D eigenvalue weighted by Crippen LogP contribution is -2.33. The third-order valence-corrected chi connectivity index (χ3v) is 4.52. The number of amides is 1. The third kappa shape index (κ3) is 6.81. The predicted octanol–water partition coefficient (Wildman–Crippen LogP) is 4.85. The van der Waals surface area contributed by atoms with E-state index in [4.69, 9.17) is 9.47 Å². The van der Waals surface area contributed by atoms with Gasteiger partial charge in [-0.1, -0.05) is 52.0 Å². The molecule has 1 amide bonds. The van der Waals surface area contributed by atoms with Crippen LogP contribution in [0.4, 0.5) is 0 Å². The molecule has 1 aromatic rings. The van der Waals surface area contributed by atoms with Crippen LogP contribution in [0.15, 0.2) is 36.6 Å². The molecule has 138 valence electrons. The number of hydrogen-bond donors (Lipinski definition) is 1. The Hall–Kier alpha value is -1.97. The maximum atomic E-state index is 12.2. The maximum Gasteiger partial charge on any atom is 0.251 e. The average molecular weight is 345 g/mol. The Morgan fingerprint density at radius 2 is 1.84 bits per heavy atom. The number of rotatable bonds is 11. The van der Waals surface area contributed by atoms with Crippen molar-refractivity contribution in [2.45, 2.75) is 64.3 Å². The van der Waals surface area contributed by atoms with Gasteiger partial charge < -0.3 is 14.8 Å². The minimum absolute atomic E-state index is 0.0826. The van der Waals surface area contributed by atoms with Crippen molar-refractivity contribution in [1.29, 1.82) is 0 Å². The molecule has 1 N–H and O–H groups in total. The molecule has 1 fully saturated rings. The van der Waals surface area contributed by atoms with E-state index in [1.165, 1.54) is 38.5 Å². The summed E-state index contributed by atoms with van der Waals surface area (Å²) >= 11 is 0. The number of carbonyl (C=O) groups is 1. The van der Waals surface area contributed by atoms with Crippen molar-refractivity contribution < 1.29 is 14.3 Å². The van der Waals surface area contributed by atoms with Crippen LogP contribution in [0.2, 0.25) is 0 Å². The molecule has 1 aromatic carbocycles. The first-order valence-electron chi connectivity index (χ1n) is 9.56. The minimum atomic E-state index is -0.102. The van der Waals surface area contributed by atoms with Crippen LogP contribution < -0.4 is 10.1 Å². The highest BCUT2D eigenvalue weighted by atomic mass is 16.5. The Kier molecular flexibility index (Phi) is 8.36. The molecule has 1 atom stereocenters. The van der Waals surface area contributed by atoms with E-state index < -0.39 is 0 Å². The molecule has 25 heavy (non-hydrogen) atoms. The molecule has 2 rings (SSSR count). The monoisotopic (exact) mass is 345 g/mol. The molecule has 0 radical (unpaired) electrons. The second-order valence-corrected chi connectivity index (χ2v) is 6.62. The van der Waals surface area contributed by atoms with Gasteiger partial charge in [-0.05, 0) is 30.7 Å². The van der Waals surface area contributed by atoms with E-state index >= 15 is 0 Å². The first-order valence-corrected chi connectivity index (χ1v) is 9.56. The number of benzene rings is 1. The van der Waals surface area contributed by atoms with Crippen LogP contribution in [0, 0.1) is 0 Å². The smallest absolute Gasteiger partial charge is 0.251 e. The van der Waals surface area contributed by atoms with E-state index in [2.05, 4.69) is 18.8 Å². The molecule has 0 unspecified atom stereocenters. The molecule has 1 saturated heterocycles. The lowest BCUT2D eigenvalue weighted by Gasteiger charge is -2.12. The van der Waals surface area contributed by atoms with Crippen LogP contribution in [-0.2, 0) is 4.74 Å². The Morgan fingerprint density at radius 3 is 2.48 bits per heavy atom. The number of carbonyl (C=O) groups excluding carboxylic acids is 1. The fraction of sp³-hybridized carbons (Fsp3) is 0.571. The normalized spacial score (nSPS) is 16.5.